The van der Waals surface area contributed by atoms with Gasteiger partial charge in [-0.15, -0.1) is 0 Å². The van der Waals surface area contributed by atoms with Crippen molar-refractivity contribution in [3.63, 3.8) is 0 Å². The fourth-order valence-corrected chi connectivity index (χ4v) is 2.21. The van der Waals surface area contributed by atoms with Crippen LogP contribution in [0.1, 0.15) is 29.4 Å². The molecule has 0 spiro atoms. The first kappa shape index (κ1) is 14.6. The first-order valence-electron chi connectivity index (χ1n) is 7.02. The van der Waals surface area contributed by atoms with Gasteiger partial charge in [0.25, 0.3) is 0 Å². The van der Waals surface area contributed by atoms with Crippen molar-refractivity contribution in [1.82, 2.24) is 15.1 Å². The van der Waals surface area contributed by atoms with E-state index in [4.69, 9.17) is 4.74 Å². The lowest BCUT2D eigenvalue weighted by atomic mass is 10.1. The monoisotopic (exact) mass is 273 g/mol. The van der Waals surface area contributed by atoms with Crippen molar-refractivity contribution in [3.05, 3.63) is 46.8 Å². The summed E-state index contributed by atoms with van der Waals surface area (Å²) >= 11 is 0. The van der Waals surface area contributed by atoms with Crippen LogP contribution < -0.4 is 10.1 Å². The van der Waals surface area contributed by atoms with Crippen molar-refractivity contribution >= 4 is 0 Å². The number of nitrogens with one attached hydrogen (secondary N) is 1. The summed E-state index contributed by atoms with van der Waals surface area (Å²) < 4.78 is 7.86. The van der Waals surface area contributed by atoms with Crippen molar-refractivity contribution < 1.29 is 4.74 Å². The Morgan fingerprint density at radius 3 is 2.75 bits per heavy atom. The van der Waals surface area contributed by atoms with E-state index in [2.05, 4.69) is 42.5 Å². The molecular weight excluding hydrogens is 250 g/mol. The van der Waals surface area contributed by atoms with Gasteiger partial charge in [0, 0.05) is 19.2 Å². The predicted octanol–water partition coefficient (Wildman–Crippen LogP) is 2.59. The molecule has 0 fully saturated rings. The first-order chi connectivity index (χ1) is 9.63. The van der Waals surface area contributed by atoms with Crippen molar-refractivity contribution in [2.24, 2.45) is 7.05 Å². The molecule has 0 aliphatic carbocycles. The fourth-order valence-electron chi connectivity index (χ4n) is 2.21. The molecule has 0 saturated heterocycles. The Hall–Kier alpha value is -1.81. The summed E-state index contributed by atoms with van der Waals surface area (Å²) in [4.78, 5) is 0. The van der Waals surface area contributed by atoms with Crippen LogP contribution in [0.2, 0.25) is 0 Å². The van der Waals surface area contributed by atoms with Gasteiger partial charge in [0.1, 0.15) is 12.4 Å². The number of rotatable bonds is 6. The van der Waals surface area contributed by atoms with Crippen molar-refractivity contribution in [2.45, 2.75) is 33.4 Å². The quantitative estimate of drug-likeness (QED) is 0.879. The summed E-state index contributed by atoms with van der Waals surface area (Å²) in [6.07, 6.45) is 0.948. The smallest absolute Gasteiger partial charge is 0.130 e. The van der Waals surface area contributed by atoms with Gasteiger partial charge < -0.3 is 10.1 Å². The van der Waals surface area contributed by atoms with E-state index in [1.54, 1.807) is 0 Å². The van der Waals surface area contributed by atoms with Crippen LogP contribution in [0.25, 0.3) is 0 Å². The Kier molecular flexibility index (Phi) is 4.79. The molecule has 1 N–H and O–H groups in total. The largest absolute Gasteiger partial charge is 0.487 e. The minimum absolute atomic E-state index is 0.545. The third kappa shape index (κ3) is 3.39. The van der Waals surface area contributed by atoms with Crippen LogP contribution in [-0.2, 0) is 26.6 Å². The SMILES string of the molecule is CCc1cc(COc2ccc(C)cc2CNC)n(C)n1. The summed E-state index contributed by atoms with van der Waals surface area (Å²) in [5.41, 5.74) is 4.63. The number of hydrogen-bond acceptors (Lipinski definition) is 3. The van der Waals surface area contributed by atoms with Gasteiger partial charge in [-0.25, -0.2) is 0 Å². The van der Waals surface area contributed by atoms with Crippen LogP contribution in [0.15, 0.2) is 24.3 Å². The Balaban J connectivity index is 2.11. The summed E-state index contributed by atoms with van der Waals surface area (Å²) in [6, 6.07) is 8.38. The summed E-state index contributed by atoms with van der Waals surface area (Å²) in [5, 5.41) is 7.62. The van der Waals surface area contributed by atoms with Crippen LogP contribution in [-0.4, -0.2) is 16.8 Å². The molecule has 1 aromatic heterocycles. The lowest BCUT2D eigenvalue weighted by Gasteiger charge is -2.12. The van der Waals surface area contributed by atoms with Gasteiger partial charge in [-0.3, -0.25) is 4.68 Å². The molecule has 0 aliphatic rings. The zero-order chi connectivity index (χ0) is 14.5. The Bertz CT molecular complexity index is 575. The fraction of sp³-hybridized carbons (Fsp3) is 0.438. The van der Waals surface area contributed by atoms with Gasteiger partial charge in [0.05, 0.1) is 11.4 Å². The van der Waals surface area contributed by atoms with Crippen molar-refractivity contribution in [1.29, 1.82) is 0 Å². The minimum atomic E-state index is 0.545. The molecule has 2 rings (SSSR count). The van der Waals surface area contributed by atoms with Crippen molar-refractivity contribution in [3.8, 4) is 5.75 Å². The molecular formula is C16H23N3O. The normalized spacial score (nSPS) is 10.8. The summed E-state index contributed by atoms with van der Waals surface area (Å²) in [6.45, 7) is 5.56. The van der Waals surface area contributed by atoms with E-state index in [1.165, 1.54) is 11.1 Å². The average Bonchev–Trinajstić information content (AvgIpc) is 2.79. The molecule has 0 aliphatic heterocycles. The maximum absolute atomic E-state index is 5.97. The third-order valence-corrected chi connectivity index (χ3v) is 3.35. The van der Waals surface area contributed by atoms with E-state index in [0.717, 1.165) is 30.1 Å². The first-order valence-corrected chi connectivity index (χ1v) is 7.02. The van der Waals surface area contributed by atoms with Crippen LogP contribution >= 0.6 is 0 Å². The average molecular weight is 273 g/mol. The molecule has 0 bridgehead atoms. The predicted molar refractivity (Wildman–Crippen MR) is 80.9 cm³/mol. The van der Waals surface area contributed by atoms with E-state index in [9.17, 15) is 0 Å². The standard InChI is InChI=1S/C16H23N3O/c1-5-14-9-15(19(4)18-14)11-20-16-7-6-12(2)8-13(16)10-17-3/h6-9,17H,5,10-11H2,1-4H3. The topological polar surface area (TPSA) is 39.1 Å². The highest BCUT2D eigenvalue weighted by atomic mass is 16.5. The number of aromatic nitrogens is 2. The molecule has 0 atom stereocenters. The van der Waals surface area contributed by atoms with Crippen molar-refractivity contribution in [2.75, 3.05) is 7.05 Å². The number of nitrogens with zero attached hydrogens (tertiary/aromatic N) is 2. The molecule has 2 aromatic rings. The molecule has 4 nitrogen and oxygen atoms in total. The van der Waals surface area contributed by atoms with Crippen LogP contribution in [0.4, 0.5) is 0 Å². The molecule has 1 aromatic carbocycles. The molecule has 0 amide bonds. The maximum Gasteiger partial charge on any atom is 0.130 e. The molecule has 1 heterocycles. The number of ether oxygens (including phenoxy) is 1. The molecule has 20 heavy (non-hydrogen) atoms. The number of hydrogen-bond donors (Lipinski definition) is 1. The van der Waals surface area contributed by atoms with E-state index in [1.807, 2.05) is 24.8 Å². The highest BCUT2D eigenvalue weighted by Crippen LogP contribution is 2.21. The molecule has 0 radical (unpaired) electrons. The number of benzene rings is 1. The van der Waals surface area contributed by atoms with Gasteiger partial charge in [-0.2, -0.15) is 5.10 Å². The second kappa shape index (κ2) is 6.57. The van der Waals surface area contributed by atoms with E-state index in [0.29, 0.717) is 6.61 Å². The third-order valence-electron chi connectivity index (χ3n) is 3.35. The van der Waals surface area contributed by atoms with E-state index < -0.39 is 0 Å². The highest BCUT2D eigenvalue weighted by molar-refractivity contribution is 5.37. The molecule has 0 saturated carbocycles. The second-order valence-corrected chi connectivity index (χ2v) is 5.03. The van der Waals surface area contributed by atoms with Gasteiger partial charge >= 0.3 is 0 Å². The molecule has 4 heteroatoms. The van der Waals surface area contributed by atoms with E-state index in [-0.39, 0.29) is 0 Å². The van der Waals surface area contributed by atoms with E-state index >= 15 is 0 Å². The second-order valence-electron chi connectivity index (χ2n) is 5.03. The Morgan fingerprint density at radius 1 is 1.30 bits per heavy atom. The van der Waals surface area contributed by atoms with Gasteiger partial charge in [0.15, 0.2) is 0 Å². The van der Waals surface area contributed by atoms with Crippen LogP contribution in [0.5, 0.6) is 5.75 Å². The minimum Gasteiger partial charge on any atom is -0.487 e. The Morgan fingerprint density at radius 2 is 2.10 bits per heavy atom. The maximum atomic E-state index is 5.97. The van der Waals surface area contributed by atoms with Gasteiger partial charge in [-0.1, -0.05) is 24.6 Å². The summed E-state index contributed by atoms with van der Waals surface area (Å²) in [7, 11) is 3.91. The molecule has 0 unspecified atom stereocenters. The zero-order valence-corrected chi connectivity index (χ0v) is 12.7. The lowest BCUT2D eigenvalue weighted by Crippen LogP contribution is -2.09. The highest BCUT2D eigenvalue weighted by Gasteiger charge is 2.07. The summed E-state index contributed by atoms with van der Waals surface area (Å²) in [5.74, 6) is 0.934. The zero-order valence-electron chi connectivity index (χ0n) is 12.7. The lowest BCUT2D eigenvalue weighted by molar-refractivity contribution is 0.291. The van der Waals surface area contributed by atoms with Crippen LogP contribution in [0.3, 0.4) is 0 Å². The van der Waals surface area contributed by atoms with Gasteiger partial charge in [0.2, 0.25) is 0 Å². The molecule has 108 valence electrons. The number of aryl methyl sites for hydroxylation is 3. The Labute approximate surface area is 120 Å². The van der Waals surface area contributed by atoms with Gasteiger partial charge in [-0.05, 0) is 32.5 Å². The van der Waals surface area contributed by atoms with Crippen LogP contribution in [0, 0.1) is 6.92 Å².